The van der Waals surface area contributed by atoms with E-state index >= 15 is 0 Å². The van der Waals surface area contributed by atoms with Crippen molar-refractivity contribution in [3.8, 4) is 0 Å². The summed E-state index contributed by atoms with van der Waals surface area (Å²) in [6.07, 6.45) is 1.51. The van der Waals surface area contributed by atoms with Gasteiger partial charge in [-0.05, 0) is 18.7 Å². The zero-order valence-electron chi connectivity index (χ0n) is 11.4. The highest BCUT2D eigenvalue weighted by molar-refractivity contribution is 5.95. The summed E-state index contributed by atoms with van der Waals surface area (Å²) in [7, 11) is 2.00. The molecular formula is C14H17N3O3. The molecule has 6 nitrogen and oxygen atoms in total. The van der Waals surface area contributed by atoms with Crippen LogP contribution in [0, 0.1) is 10.1 Å². The SMILES string of the molecule is C=Cc1cc(C(=O)N2CCN(C)CC2)cc([N+](=O)[O-])c1. The van der Waals surface area contributed by atoms with E-state index < -0.39 is 4.92 Å². The van der Waals surface area contributed by atoms with Gasteiger partial charge in [-0.2, -0.15) is 0 Å². The first kappa shape index (κ1) is 14.2. The highest BCUT2D eigenvalue weighted by Crippen LogP contribution is 2.20. The van der Waals surface area contributed by atoms with Crippen molar-refractivity contribution in [2.45, 2.75) is 0 Å². The van der Waals surface area contributed by atoms with E-state index in [0.29, 0.717) is 24.2 Å². The van der Waals surface area contributed by atoms with Crippen LogP contribution in [-0.2, 0) is 0 Å². The van der Waals surface area contributed by atoms with Crippen molar-refractivity contribution >= 4 is 17.7 Å². The van der Waals surface area contributed by atoms with Crippen molar-refractivity contribution in [3.05, 3.63) is 46.0 Å². The van der Waals surface area contributed by atoms with Crippen LogP contribution in [0.1, 0.15) is 15.9 Å². The quantitative estimate of drug-likeness (QED) is 0.621. The highest BCUT2D eigenvalue weighted by Gasteiger charge is 2.22. The van der Waals surface area contributed by atoms with Gasteiger partial charge in [-0.15, -0.1) is 0 Å². The van der Waals surface area contributed by atoms with Crippen LogP contribution >= 0.6 is 0 Å². The summed E-state index contributed by atoms with van der Waals surface area (Å²) >= 11 is 0. The van der Waals surface area contributed by atoms with Gasteiger partial charge in [0.15, 0.2) is 0 Å². The molecule has 20 heavy (non-hydrogen) atoms. The number of hydrogen-bond donors (Lipinski definition) is 0. The van der Waals surface area contributed by atoms with Crippen LogP contribution in [0.4, 0.5) is 5.69 Å². The molecule has 2 rings (SSSR count). The van der Waals surface area contributed by atoms with Gasteiger partial charge in [-0.1, -0.05) is 12.7 Å². The van der Waals surface area contributed by atoms with Crippen molar-refractivity contribution in [1.82, 2.24) is 9.80 Å². The topological polar surface area (TPSA) is 66.7 Å². The molecule has 1 aromatic rings. The van der Waals surface area contributed by atoms with Gasteiger partial charge in [-0.25, -0.2) is 0 Å². The number of non-ortho nitro benzene ring substituents is 1. The van der Waals surface area contributed by atoms with Crippen LogP contribution < -0.4 is 0 Å². The van der Waals surface area contributed by atoms with Crippen LogP contribution in [-0.4, -0.2) is 53.9 Å². The average molecular weight is 275 g/mol. The molecule has 1 heterocycles. The fraction of sp³-hybridized carbons (Fsp3) is 0.357. The summed E-state index contributed by atoms with van der Waals surface area (Å²) in [4.78, 5) is 26.7. The maximum absolute atomic E-state index is 12.4. The lowest BCUT2D eigenvalue weighted by Crippen LogP contribution is -2.47. The first-order chi connectivity index (χ1) is 9.51. The number of carbonyl (C=O) groups excluding carboxylic acids is 1. The summed E-state index contributed by atoms with van der Waals surface area (Å²) in [5.74, 6) is -0.162. The smallest absolute Gasteiger partial charge is 0.270 e. The van der Waals surface area contributed by atoms with Crippen LogP contribution in [0.5, 0.6) is 0 Å². The molecule has 0 N–H and O–H groups in total. The van der Waals surface area contributed by atoms with Gasteiger partial charge in [0.25, 0.3) is 11.6 Å². The molecular weight excluding hydrogens is 258 g/mol. The molecule has 1 aliphatic heterocycles. The number of likely N-dealkylation sites (N-methyl/N-ethyl adjacent to an activating group) is 1. The van der Waals surface area contributed by atoms with Crippen LogP contribution in [0.2, 0.25) is 0 Å². The molecule has 1 fully saturated rings. The molecule has 6 heteroatoms. The Bertz CT molecular complexity index is 549. The van der Waals surface area contributed by atoms with Gasteiger partial charge in [0.2, 0.25) is 0 Å². The molecule has 0 spiro atoms. The molecule has 106 valence electrons. The Morgan fingerprint density at radius 3 is 2.50 bits per heavy atom. The zero-order valence-corrected chi connectivity index (χ0v) is 11.4. The van der Waals surface area contributed by atoms with E-state index in [1.807, 2.05) is 7.05 Å². The zero-order chi connectivity index (χ0) is 14.7. The van der Waals surface area contributed by atoms with Gasteiger partial charge in [0.1, 0.15) is 0 Å². The molecule has 0 saturated carbocycles. The Hall–Kier alpha value is -2.21. The van der Waals surface area contributed by atoms with E-state index in [4.69, 9.17) is 0 Å². The second kappa shape index (κ2) is 5.83. The summed E-state index contributed by atoms with van der Waals surface area (Å²) in [5, 5.41) is 10.9. The third-order valence-electron chi connectivity index (χ3n) is 3.42. The lowest BCUT2D eigenvalue weighted by molar-refractivity contribution is -0.384. The fourth-order valence-corrected chi connectivity index (χ4v) is 2.17. The molecule has 0 aromatic heterocycles. The van der Waals surface area contributed by atoms with Gasteiger partial charge < -0.3 is 9.80 Å². The van der Waals surface area contributed by atoms with Crippen LogP contribution in [0.15, 0.2) is 24.8 Å². The second-order valence-electron chi connectivity index (χ2n) is 4.87. The second-order valence-corrected chi connectivity index (χ2v) is 4.87. The third-order valence-corrected chi connectivity index (χ3v) is 3.42. The largest absolute Gasteiger partial charge is 0.336 e. The molecule has 1 amide bonds. The molecule has 0 radical (unpaired) electrons. The van der Waals surface area contributed by atoms with Crippen molar-refractivity contribution in [1.29, 1.82) is 0 Å². The Balaban J connectivity index is 2.27. The number of piperazine rings is 1. The summed E-state index contributed by atoms with van der Waals surface area (Å²) in [5.41, 5.74) is 0.843. The first-order valence-corrected chi connectivity index (χ1v) is 6.41. The summed E-state index contributed by atoms with van der Waals surface area (Å²) in [6.45, 7) is 6.51. The van der Waals surface area contributed by atoms with Crippen LogP contribution in [0.3, 0.4) is 0 Å². The van der Waals surface area contributed by atoms with Gasteiger partial charge in [0.05, 0.1) is 4.92 Å². The van der Waals surface area contributed by atoms with E-state index in [1.165, 1.54) is 18.2 Å². The highest BCUT2D eigenvalue weighted by atomic mass is 16.6. The van der Waals surface area contributed by atoms with Gasteiger partial charge in [-0.3, -0.25) is 14.9 Å². The predicted octanol–water partition coefficient (Wildman–Crippen LogP) is 1.63. The van der Waals surface area contributed by atoms with Crippen molar-refractivity contribution in [2.24, 2.45) is 0 Å². The van der Waals surface area contributed by atoms with Crippen molar-refractivity contribution < 1.29 is 9.72 Å². The molecule has 1 aliphatic rings. The molecule has 1 saturated heterocycles. The number of carbonyl (C=O) groups is 1. The number of amides is 1. The van der Waals surface area contributed by atoms with E-state index in [9.17, 15) is 14.9 Å². The minimum absolute atomic E-state index is 0.0834. The molecule has 0 aliphatic carbocycles. The Kier molecular flexibility index (Phi) is 4.14. The molecule has 0 unspecified atom stereocenters. The van der Waals surface area contributed by atoms with E-state index in [0.717, 1.165) is 13.1 Å². The normalized spacial score (nSPS) is 15.9. The van der Waals surface area contributed by atoms with E-state index in [-0.39, 0.29) is 11.6 Å². The van der Waals surface area contributed by atoms with Crippen molar-refractivity contribution in [3.63, 3.8) is 0 Å². The monoisotopic (exact) mass is 275 g/mol. The standard InChI is InChI=1S/C14H17N3O3/c1-3-11-8-12(10-13(9-11)17(19)20)14(18)16-6-4-15(2)5-7-16/h3,8-10H,1,4-7H2,2H3. The Labute approximate surface area is 117 Å². The first-order valence-electron chi connectivity index (χ1n) is 6.41. The number of rotatable bonds is 3. The van der Waals surface area contributed by atoms with E-state index in [2.05, 4.69) is 11.5 Å². The maximum atomic E-state index is 12.4. The van der Waals surface area contributed by atoms with Crippen molar-refractivity contribution in [2.75, 3.05) is 33.2 Å². The minimum atomic E-state index is -0.492. The lowest BCUT2D eigenvalue weighted by atomic mass is 10.1. The Morgan fingerprint density at radius 1 is 1.30 bits per heavy atom. The fourth-order valence-electron chi connectivity index (χ4n) is 2.17. The molecule has 1 aromatic carbocycles. The number of nitro groups is 1. The summed E-state index contributed by atoms with van der Waals surface area (Å²) < 4.78 is 0. The summed E-state index contributed by atoms with van der Waals surface area (Å²) in [6, 6.07) is 4.38. The number of nitrogens with zero attached hydrogens (tertiary/aromatic N) is 3. The number of benzene rings is 1. The minimum Gasteiger partial charge on any atom is -0.336 e. The van der Waals surface area contributed by atoms with Gasteiger partial charge in [0, 0.05) is 43.9 Å². The van der Waals surface area contributed by atoms with Gasteiger partial charge >= 0.3 is 0 Å². The predicted molar refractivity (Wildman–Crippen MR) is 76.6 cm³/mol. The number of hydrogen-bond acceptors (Lipinski definition) is 4. The molecule has 0 bridgehead atoms. The maximum Gasteiger partial charge on any atom is 0.270 e. The lowest BCUT2D eigenvalue weighted by Gasteiger charge is -2.32. The Morgan fingerprint density at radius 2 is 1.95 bits per heavy atom. The third kappa shape index (κ3) is 3.03. The molecule has 0 atom stereocenters. The number of nitro benzene ring substituents is 1. The average Bonchev–Trinajstić information content (AvgIpc) is 2.46. The van der Waals surface area contributed by atoms with Crippen LogP contribution in [0.25, 0.3) is 6.08 Å². The van der Waals surface area contributed by atoms with E-state index in [1.54, 1.807) is 11.0 Å².